The minimum absolute atomic E-state index is 0.0366. The monoisotopic (exact) mass is 606 g/mol. The third kappa shape index (κ3) is 6.58. The predicted octanol–water partition coefficient (Wildman–Crippen LogP) is 4.84. The highest BCUT2D eigenvalue weighted by Gasteiger charge is 2.44. The molecular weight excluding hydrogens is 587 g/mol. The van der Waals surface area contributed by atoms with Gasteiger partial charge in [-0.2, -0.15) is 0 Å². The third-order valence-electron chi connectivity index (χ3n) is 5.87. The molecule has 0 radical (unpaired) electrons. The molecule has 1 heterocycles. The second-order valence-electron chi connectivity index (χ2n) is 8.83. The Bertz CT molecular complexity index is 1580. The number of carbonyl (C=O) groups is 3. The van der Waals surface area contributed by atoms with Crippen molar-refractivity contribution in [2.24, 2.45) is 0 Å². The van der Waals surface area contributed by atoms with E-state index in [0.29, 0.717) is 22.0 Å². The molecule has 40 heavy (non-hydrogen) atoms. The van der Waals surface area contributed by atoms with Gasteiger partial charge in [0.2, 0.25) is 0 Å². The molecule has 208 valence electrons. The highest BCUT2D eigenvalue weighted by Crippen LogP contribution is 2.33. The topological polar surface area (TPSA) is 150 Å². The molecule has 0 spiro atoms. The zero-order chi connectivity index (χ0) is 29.2. The van der Waals surface area contributed by atoms with E-state index in [4.69, 9.17) is 32.7 Å². The number of amides is 2. The summed E-state index contributed by atoms with van der Waals surface area (Å²) in [6.45, 7) is -0.285. The Balaban J connectivity index is 1.50. The lowest BCUT2D eigenvalue weighted by Gasteiger charge is -2.24. The molecule has 0 aromatic heterocycles. The first-order valence-corrected chi connectivity index (χ1v) is 14.4. The largest absolute Gasteiger partial charge is 0.459 e. The number of hydrogen-bond acceptors (Lipinski definition) is 9. The number of halogens is 2. The van der Waals surface area contributed by atoms with Crippen LogP contribution in [0.1, 0.15) is 32.7 Å². The van der Waals surface area contributed by atoms with Crippen LogP contribution in [0.2, 0.25) is 10.0 Å². The van der Waals surface area contributed by atoms with Crippen LogP contribution in [0.5, 0.6) is 11.5 Å². The Labute approximate surface area is 238 Å². The molecule has 1 aliphatic rings. The number of sulfone groups is 1. The van der Waals surface area contributed by atoms with Crippen LogP contribution in [0.15, 0.2) is 60.7 Å². The van der Waals surface area contributed by atoms with Gasteiger partial charge in [-0.25, -0.2) is 13.2 Å². The van der Waals surface area contributed by atoms with Crippen LogP contribution in [0.4, 0.5) is 5.69 Å². The van der Waals surface area contributed by atoms with Crippen molar-refractivity contribution in [2.45, 2.75) is 19.1 Å². The van der Waals surface area contributed by atoms with Gasteiger partial charge >= 0.3 is 5.97 Å². The summed E-state index contributed by atoms with van der Waals surface area (Å²) >= 11 is 12.0. The molecule has 1 atom stereocenters. The SMILES string of the molecule is CS(=O)(=O)CC[C@@H](C(=O)OCc1cccc(Oc2ccc([N+](=O)[O-])cc2)c1)N1C(=O)c2cc(Cl)c(Cl)cc2C1=O. The molecule has 0 saturated carbocycles. The van der Waals surface area contributed by atoms with E-state index in [1.165, 1.54) is 36.4 Å². The molecule has 0 unspecified atom stereocenters. The number of ether oxygens (including phenoxy) is 2. The number of nitrogens with zero attached hydrogens (tertiary/aromatic N) is 2. The normalized spacial score (nSPS) is 13.6. The van der Waals surface area contributed by atoms with Crippen LogP contribution >= 0.6 is 23.2 Å². The maximum absolute atomic E-state index is 13.2. The first-order valence-electron chi connectivity index (χ1n) is 11.6. The van der Waals surface area contributed by atoms with Gasteiger partial charge in [-0.05, 0) is 48.4 Å². The zero-order valence-electron chi connectivity index (χ0n) is 20.7. The predicted molar refractivity (Wildman–Crippen MR) is 144 cm³/mol. The fourth-order valence-corrected chi connectivity index (χ4v) is 4.91. The second kappa shape index (κ2) is 11.6. The van der Waals surface area contributed by atoms with Crippen molar-refractivity contribution < 1.29 is 37.2 Å². The Morgan fingerprint density at radius 1 is 0.975 bits per heavy atom. The van der Waals surface area contributed by atoms with E-state index in [-0.39, 0.29) is 39.9 Å². The van der Waals surface area contributed by atoms with Gasteiger partial charge in [0.05, 0.1) is 31.8 Å². The van der Waals surface area contributed by atoms with Crippen molar-refractivity contribution in [3.8, 4) is 11.5 Å². The van der Waals surface area contributed by atoms with Gasteiger partial charge in [-0.3, -0.25) is 24.6 Å². The number of nitro groups is 1. The molecule has 11 nitrogen and oxygen atoms in total. The van der Waals surface area contributed by atoms with Crippen molar-refractivity contribution in [3.63, 3.8) is 0 Å². The number of fused-ring (bicyclic) bond motifs is 1. The van der Waals surface area contributed by atoms with Gasteiger partial charge in [0, 0.05) is 18.4 Å². The average molecular weight is 607 g/mol. The Kier molecular flexibility index (Phi) is 8.43. The Morgan fingerprint density at radius 2 is 1.57 bits per heavy atom. The van der Waals surface area contributed by atoms with Gasteiger partial charge < -0.3 is 9.47 Å². The summed E-state index contributed by atoms with van der Waals surface area (Å²) in [7, 11) is -3.56. The minimum Gasteiger partial charge on any atom is -0.459 e. The van der Waals surface area contributed by atoms with E-state index in [1.807, 2.05) is 0 Å². The van der Waals surface area contributed by atoms with Gasteiger partial charge in [0.15, 0.2) is 0 Å². The van der Waals surface area contributed by atoms with Gasteiger partial charge in [0.25, 0.3) is 17.5 Å². The fraction of sp³-hybridized carbons (Fsp3) is 0.192. The summed E-state index contributed by atoms with van der Waals surface area (Å²) in [5.41, 5.74) is 0.263. The summed E-state index contributed by atoms with van der Waals surface area (Å²) in [4.78, 5) is 50.3. The van der Waals surface area contributed by atoms with Crippen molar-refractivity contribution in [3.05, 3.63) is 97.5 Å². The maximum Gasteiger partial charge on any atom is 0.329 e. The molecule has 0 saturated heterocycles. The average Bonchev–Trinajstić information content (AvgIpc) is 3.12. The minimum atomic E-state index is -3.56. The quantitative estimate of drug-likeness (QED) is 0.137. The van der Waals surface area contributed by atoms with Gasteiger partial charge in [-0.15, -0.1) is 0 Å². The number of hydrogen-bond donors (Lipinski definition) is 0. The number of benzene rings is 3. The molecule has 1 aliphatic heterocycles. The molecule has 2 amide bonds. The number of non-ortho nitro benzene ring substituents is 1. The molecule has 3 aromatic carbocycles. The summed E-state index contributed by atoms with van der Waals surface area (Å²) in [5, 5.41) is 10.9. The van der Waals surface area contributed by atoms with Crippen LogP contribution < -0.4 is 4.74 Å². The van der Waals surface area contributed by atoms with Crippen molar-refractivity contribution >= 4 is 56.5 Å². The maximum atomic E-state index is 13.2. The lowest BCUT2D eigenvalue weighted by Crippen LogP contribution is -2.46. The molecule has 0 bridgehead atoms. The molecule has 3 aromatic rings. The number of carbonyl (C=O) groups excluding carboxylic acids is 3. The van der Waals surface area contributed by atoms with E-state index < -0.39 is 44.3 Å². The van der Waals surface area contributed by atoms with Crippen LogP contribution in [0, 0.1) is 10.1 Å². The summed E-state index contributed by atoms with van der Waals surface area (Å²) < 4.78 is 34.8. The summed E-state index contributed by atoms with van der Waals surface area (Å²) in [6.07, 6.45) is 0.585. The smallest absolute Gasteiger partial charge is 0.329 e. The zero-order valence-corrected chi connectivity index (χ0v) is 23.0. The standard InChI is InChI=1S/C26H20Cl2N2O9S/c1-40(36,37)10-9-23(29-24(31)19-12-21(27)22(28)13-20(19)25(29)32)26(33)38-14-15-3-2-4-18(11-15)39-17-7-5-16(6-8-17)30(34)35/h2-8,11-13,23H,9-10,14H2,1H3/t23-/m0/s1. The first kappa shape index (κ1) is 29.0. The van der Waals surface area contributed by atoms with Gasteiger partial charge in [-0.1, -0.05) is 35.3 Å². The molecule has 14 heteroatoms. The van der Waals surface area contributed by atoms with Crippen molar-refractivity contribution in [1.82, 2.24) is 4.90 Å². The van der Waals surface area contributed by atoms with Gasteiger partial charge in [0.1, 0.15) is 34.0 Å². The second-order valence-corrected chi connectivity index (χ2v) is 11.9. The molecule has 0 N–H and O–H groups in total. The number of esters is 1. The Morgan fingerprint density at radius 3 is 2.12 bits per heavy atom. The molecule has 4 rings (SSSR count). The Hall–Kier alpha value is -4.00. The van der Waals surface area contributed by atoms with E-state index in [1.54, 1.807) is 24.3 Å². The van der Waals surface area contributed by atoms with Crippen molar-refractivity contribution in [2.75, 3.05) is 12.0 Å². The molecule has 0 fully saturated rings. The van der Waals surface area contributed by atoms with E-state index in [9.17, 15) is 32.9 Å². The van der Waals surface area contributed by atoms with E-state index >= 15 is 0 Å². The van der Waals surface area contributed by atoms with Crippen molar-refractivity contribution in [1.29, 1.82) is 0 Å². The van der Waals surface area contributed by atoms with E-state index in [0.717, 1.165) is 6.26 Å². The molecular formula is C26H20Cl2N2O9S. The van der Waals surface area contributed by atoms with Crippen LogP contribution in [0.3, 0.4) is 0 Å². The van der Waals surface area contributed by atoms with Crippen LogP contribution in [-0.4, -0.2) is 54.1 Å². The number of nitro benzene ring substituents is 1. The lowest BCUT2D eigenvalue weighted by atomic mass is 10.1. The first-order chi connectivity index (χ1) is 18.8. The highest BCUT2D eigenvalue weighted by molar-refractivity contribution is 7.90. The highest BCUT2D eigenvalue weighted by atomic mass is 35.5. The number of imide groups is 1. The van der Waals surface area contributed by atoms with Crippen LogP contribution in [0.25, 0.3) is 0 Å². The fourth-order valence-electron chi connectivity index (χ4n) is 3.94. The van der Waals surface area contributed by atoms with E-state index in [2.05, 4.69) is 0 Å². The molecule has 0 aliphatic carbocycles. The third-order valence-corrected chi connectivity index (χ3v) is 7.57. The lowest BCUT2D eigenvalue weighted by molar-refractivity contribution is -0.384. The summed E-state index contributed by atoms with van der Waals surface area (Å²) in [5.74, 6) is -2.44. The van der Waals surface area contributed by atoms with Crippen LogP contribution in [-0.2, 0) is 26.0 Å². The summed E-state index contributed by atoms with van der Waals surface area (Å²) in [6, 6.07) is 12.8. The number of rotatable bonds is 10.